The van der Waals surface area contributed by atoms with Crippen LogP contribution in [0.4, 0.5) is 0 Å². The van der Waals surface area contributed by atoms with Crippen LogP contribution in [0, 0.1) is 30.1 Å². The van der Waals surface area contributed by atoms with E-state index in [0.717, 1.165) is 0 Å². The van der Waals surface area contributed by atoms with Gasteiger partial charge in [-0.05, 0) is 5.92 Å². The molecule has 0 spiro atoms. The second kappa shape index (κ2) is 7.22. The van der Waals surface area contributed by atoms with E-state index >= 15 is 0 Å². The van der Waals surface area contributed by atoms with Gasteiger partial charge in [-0.15, -0.1) is 12.3 Å². The molecule has 0 aliphatic rings. The van der Waals surface area contributed by atoms with Gasteiger partial charge in [0.25, 0.3) is 0 Å². The van der Waals surface area contributed by atoms with E-state index < -0.39 is 5.97 Å². The van der Waals surface area contributed by atoms with Crippen molar-refractivity contribution in [3.63, 3.8) is 0 Å². The molecule has 0 rings (SSSR count). The summed E-state index contributed by atoms with van der Waals surface area (Å²) < 4.78 is 0. The third-order valence-corrected chi connectivity index (χ3v) is 0.883. The van der Waals surface area contributed by atoms with Crippen LogP contribution in [0.3, 0.4) is 0 Å². The Morgan fingerprint density at radius 1 is 1.73 bits per heavy atom. The van der Waals surface area contributed by atoms with Crippen LogP contribution in [0.2, 0.25) is 0 Å². The number of hydrogen-bond donors (Lipinski definition) is 0. The Morgan fingerprint density at radius 3 is 2.64 bits per heavy atom. The summed E-state index contributed by atoms with van der Waals surface area (Å²) in [6, 6.07) is 0. The van der Waals surface area contributed by atoms with Gasteiger partial charge in [-0.2, -0.15) is 0 Å². The van der Waals surface area contributed by atoms with Crippen molar-refractivity contribution >= 4 is 5.97 Å². The standard InChI is InChI=1S/C8H8O2.Mn/c1-3-7(2)5-4-6-8(9)10;/h1,7H,5H2,2H3,(H,9,10);/q;+3/p-1. The molecule has 0 saturated carbocycles. The van der Waals surface area contributed by atoms with Crippen molar-refractivity contribution < 1.29 is 27.0 Å². The number of carboxylic acids is 1. The molecule has 0 N–H and O–H groups in total. The zero-order chi connectivity index (χ0) is 7.98. The molecule has 0 fully saturated rings. The molecule has 2 nitrogen and oxygen atoms in total. The van der Waals surface area contributed by atoms with Gasteiger partial charge in [0, 0.05) is 12.3 Å². The minimum atomic E-state index is -1.36. The van der Waals surface area contributed by atoms with Crippen LogP contribution in [0.25, 0.3) is 0 Å². The quantitative estimate of drug-likeness (QED) is 0.409. The first-order chi connectivity index (χ1) is 4.66. The van der Waals surface area contributed by atoms with Crippen molar-refractivity contribution in [1.29, 1.82) is 0 Å². The zero-order valence-electron chi connectivity index (χ0n) is 6.06. The predicted molar refractivity (Wildman–Crippen MR) is 35.4 cm³/mol. The van der Waals surface area contributed by atoms with Crippen LogP contribution in [0.5, 0.6) is 0 Å². The second-order valence-corrected chi connectivity index (χ2v) is 1.86. The Balaban J connectivity index is 0. The summed E-state index contributed by atoms with van der Waals surface area (Å²) in [6.45, 7) is 1.80. The first kappa shape index (κ1) is 12.8. The van der Waals surface area contributed by atoms with Gasteiger partial charge in [0.15, 0.2) is 0 Å². The van der Waals surface area contributed by atoms with Crippen LogP contribution in [-0.4, -0.2) is 5.97 Å². The number of aliphatic carboxylic acids is 1. The van der Waals surface area contributed by atoms with Gasteiger partial charge in [0.2, 0.25) is 0 Å². The van der Waals surface area contributed by atoms with Crippen LogP contribution < -0.4 is 5.11 Å². The smallest absolute Gasteiger partial charge is 0.537 e. The van der Waals surface area contributed by atoms with Crippen LogP contribution in [0.15, 0.2) is 0 Å². The Labute approximate surface area is 76.8 Å². The zero-order valence-corrected chi connectivity index (χ0v) is 7.24. The van der Waals surface area contributed by atoms with Crippen LogP contribution in [0.1, 0.15) is 13.3 Å². The maximum absolute atomic E-state index is 9.73. The molecule has 11 heavy (non-hydrogen) atoms. The number of carbonyl (C=O) groups is 1. The molecular weight excluding hydrogens is 183 g/mol. The van der Waals surface area contributed by atoms with Crippen molar-refractivity contribution in [2.24, 2.45) is 5.92 Å². The molecule has 0 aromatic heterocycles. The van der Waals surface area contributed by atoms with Crippen LogP contribution in [-0.2, 0) is 21.9 Å². The summed E-state index contributed by atoms with van der Waals surface area (Å²) in [5.41, 5.74) is 0. The van der Waals surface area contributed by atoms with E-state index in [1.807, 2.05) is 5.92 Å². The van der Waals surface area contributed by atoms with Crippen molar-refractivity contribution in [3.8, 4) is 24.2 Å². The van der Waals surface area contributed by atoms with E-state index in [1.165, 1.54) is 0 Å². The van der Waals surface area contributed by atoms with Crippen molar-refractivity contribution in [2.75, 3.05) is 0 Å². The number of hydrogen-bond acceptors (Lipinski definition) is 2. The average molecular weight is 190 g/mol. The summed E-state index contributed by atoms with van der Waals surface area (Å²) in [5, 5.41) is 9.73. The molecule has 0 heterocycles. The fraction of sp³-hybridized carbons (Fsp3) is 0.375. The molecule has 0 radical (unpaired) electrons. The molecule has 0 aliphatic carbocycles. The normalized spacial score (nSPS) is 9.45. The number of carboxylic acid groups (broad SMARTS) is 1. The molecule has 3 heteroatoms. The molecule has 0 aromatic rings. The number of carbonyl (C=O) groups excluding carboxylic acids is 1. The average Bonchev–Trinajstić information content (AvgIpc) is 1.87. The minimum absolute atomic E-state index is 0. The first-order valence-corrected chi connectivity index (χ1v) is 2.82. The second-order valence-electron chi connectivity index (χ2n) is 1.86. The molecule has 56 valence electrons. The fourth-order valence-electron chi connectivity index (χ4n) is 0.335. The van der Waals surface area contributed by atoms with Gasteiger partial charge in [-0.25, -0.2) is 0 Å². The van der Waals surface area contributed by atoms with Gasteiger partial charge in [-0.3, -0.25) is 0 Å². The molecule has 0 bridgehead atoms. The third-order valence-electron chi connectivity index (χ3n) is 0.883. The van der Waals surface area contributed by atoms with Crippen molar-refractivity contribution in [2.45, 2.75) is 13.3 Å². The molecule has 0 aromatic carbocycles. The largest absolute Gasteiger partial charge is 3.00 e. The topological polar surface area (TPSA) is 40.1 Å². The SMILES string of the molecule is C#CC(C)CC#CC(=O)[O-].[Mn+3]. The summed E-state index contributed by atoms with van der Waals surface area (Å²) in [6.07, 6.45) is 5.42. The molecule has 1 atom stereocenters. The van der Waals surface area contributed by atoms with E-state index in [-0.39, 0.29) is 23.0 Å². The van der Waals surface area contributed by atoms with Gasteiger partial charge in [-0.1, -0.05) is 12.8 Å². The summed E-state index contributed by atoms with van der Waals surface area (Å²) in [4.78, 5) is 9.73. The number of rotatable bonds is 1. The first-order valence-electron chi connectivity index (χ1n) is 2.82. The monoisotopic (exact) mass is 190 g/mol. The van der Waals surface area contributed by atoms with E-state index in [2.05, 4.69) is 11.8 Å². The summed E-state index contributed by atoms with van der Waals surface area (Å²) in [5.74, 6) is 5.32. The van der Waals surface area contributed by atoms with E-state index in [1.54, 1.807) is 6.92 Å². The minimum Gasteiger partial charge on any atom is -0.537 e. The van der Waals surface area contributed by atoms with Gasteiger partial charge < -0.3 is 9.90 Å². The Morgan fingerprint density at radius 2 is 2.27 bits per heavy atom. The Kier molecular flexibility index (Phi) is 8.37. The summed E-state index contributed by atoms with van der Waals surface area (Å²) in [7, 11) is 0. The van der Waals surface area contributed by atoms with E-state index in [0.29, 0.717) is 6.42 Å². The summed E-state index contributed by atoms with van der Waals surface area (Å²) >= 11 is 0. The Hall–Kier alpha value is -0.891. The molecular formula is C8H7MnO2+2. The molecule has 0 aliphatic heterocycles. The predicted octanol–water partition coefficient (Wildman–Crippen LogP) is -0.603. The van der Waals surface area contributed by atoms with Gasteiger partial charge in [0.1, 0.15) is 5.97 Å². The van der Waals surface area contributed by atoms with Crippen LogP contribution >= 0.6 is 0 Å². The fourth-order valence-corrected chi connectivity index (χ4v) is 0.335. The molecule has 0 saturated heterocycles. The Bertz CT molecular complexity index is 216. The van der Waals surface area contributed by atoms with Gasteiger partial charge >= 0.3 is 17.1 Å². The van der Waals surface area contributed by atoms with Gasteiger partial charge in [0.05, 0.1) is 0 Å². The van der Waals surface area contributed by atoms with Crippen molar-refractivity contribution in [1.82, 2.24) is 0 Å². The van der Waals surface area contributed by atoms with E-state index in [9.17, 15) is 9.90 Å². The van der Waals surface area contributed by atoms with Crippen molar-refractivity contribution in [3.05, 3.63) is 0 Å². The number of terminal acetylenes is 1. The van der Waals surface area contributed by atoms with E-state index in [4.69, 9.17) is 6.42 Å². The third kappa shape index (κ3) is 9.11. The molecule has 1 unspecified atom stereocenters. The maximum atomic E-state index is 9.73. The maximum Gasteiger partial charge on any atom is 3.00 e. The molecule has 0 amide bonds.